The minimum absolute atomic E-state index is 0.164. The van der Waals surface area contributed by atoms with Gasteiger partial charge in [0.2, 0.25) is 5.91 Å². The van der Waals surface area contributed by atoms with Crippen LogP contribution in [0.25, 0.3) is 11.1 Å². The van der Waals surface area contributed by atoms with Crippen LogP contribution in [-0.2, 0) is 11.2 Å². The maximum Gasteiger partial charge on any atom is 0.417 e. The van der Waals surface area contributed by atoms with Crippen molar-refractivity contribution < 1.29 is 9.21 Å². The molecule has 1 heterocycles. The Morgan fingerprint density at radius 1 is 1.24 bits per heavy atom. The van der Waals surface area contributed by atoms with Crippen LogP contribution in [0.3, 0.4) is 0 Å². The van der Waals surface area contributed by atoms with Gasteiger partial charge in [0.15, 0.2) is 5.58 Å². The first-order valence-electron chi connectivity index (χ1n) is 6.27. The fraction of sp³-hybridized carbons (Fsp3) is 0.0667. The number of anilines is 1. The predicted molar refractivity (Wildman–Crippen MR) is 80.6 cm³/mol. The van der Waals surface area contributed by atoms with Crippen molar-refractivity contribution in [1.82, 2.24) is 4.98 Å². The van der Waals surface area contributed by atoms with Crippen LogP contribution in [0, 0.1) is 0 Å². The molecule has 0 aliphatic heterocycles. The van der Waals surface area contributed by atoms with Crippen molar-refractivity contribution in [3.05, 3.63) is 63.6 Å². The third kappa shape index (κ3) is 3.14. The van der Waals surface area contributed by atoms with E-state index < -0.39 is 5.76 Å². The van der Waals surface area contributed by atoms with E-state index in [4.69, 9.17) is 16.0 Å². The summed E-state index contributed by atoms with van der Waals surface area (Å²) in [6, 6.07) is 12.1. The maximum absolute atomic E-state index is 12.0. The van der Waals surface area contributed by atoms with Crippen molar-refractivity contribution in [3.63, 3.8) is 0 Å². The van der Waals surface area contributed by atoms with Crippen LogP contribution in [0.4, 0.5) is 5.69 Å². The zero-order valence-electron chi connectivity index (χ0n) is 10.9. The van der Waals surface area contributed by atoms with E-state index in [1.807, 2.05) is 6.07 Å². The summed E-state index contributed by atoms with van der Waals surface area (Å²) in [4.78, 5) is 25.6. The Hall–Kier alpha value is -2.53. The summed E-state index contributed by atoms with van der Waals surface area (Å²) < 4.78 is 4.90. The number of benzene rings is 2. The lowest BCUT2D eigenvalue weighted by Crippen LogP contribution is -2.14. The Morgan fingerprint density at radius 3 is 2.90 bits per heavy atom. The van der Waals surface area contributed by atoms with Crippen LogP contribution >= 0.6 is 11.6 Å². The molecule has 0 fully saturated rings. The normalized spacial score (nSPS) is 10.7. The third-order valence-corrected chi connectivity index (χ3v) is 3.19. The van der Waals surface area contributed by atoms with E-state index >= 15 is 0 Å². The van der Waals surface area contributed by atoms with E-state index in [9.17, 15) is 9.59 Å². The SMILES string of the molecule is O=C(Cc1cccc(Cl)c1)Nc1ccc2oc(=O)[nH]c2c1. The molecule has 1 amide bonds. The van der Waals surface area contributed by atoms with Gasteiger partial charge in [-0.1, -0.05) is 23.7 Å². The summed E-state index contributed by atoms with van der Waals surface area (Å²) in [6.07, 6.45) is 0.223. The first-order chi connectivity index (χ1) is 10.1. The Morgan fingerprint density at radius 2 is 2.10 bits per heavy atom. The number of aromatic amines is 1. The van der Waals surface area contributed by atoms with Crippen molar-refractivity contribution in [2.45, 2.75) is 6.42 Å². The molecule has 106 valence electrons. The van der Waals surface area contributed by atoms with E-state index in [1.165, 1.54) is 0 Å². The highest BCUT2D eigenvalue weighted by Gasteiger charge is 2.07. The smallest absolute Gasteiger partial charge is 0.408 e. The number of hydrogen-bond acceptors (Lipinski definition) is 3. The molecule has 0 atom stereocenters. The molecule has 0 radical (unpaired) electrons. The van der Waals surface area contributed by atoms with Crippen LogP contribution in [0.2, 0.25) is 5.02 Å². The van der Waals surface area contributed by atoms with Crippen molar-refractivity contribution >= 4 is 34.3 Å². The molecule has 3 aromatic rings. The molecule has 2 N–H and O–H groups in total. The third-order valence-electron chi connectivity index (χ3n) is 2.96. The maximum atomic E-state index is 12.0. The summed E-state index contributed by atoms with van der Waals surface area (Å²) in [5, 5.41) is 3.36. The summed E-state index contributed by atoms with van der Waals surface area (Å²) in [5.41, 5.74) is 2.41. The second-order valence-corrected chi connectivity index (χ2v) is 5.02. The molecule has 0 aliphatic rings. The number of halogens is 1. The number of carbonyl (C=O) groups is 1. The van der Waals surface area contributed by atoms with E-state index in [2.05, 4.69) is 10.3 Å². The molecule has 0 aliphatic carbocycles. The zero-order valence-corrected chi connectivity index (χ0v) is 11.6. The molecule has 0 saturated carbocycles. The van der Waals surface area contributed by atoms with Gasteiger partial charge in [-0.2, -0.15) is 0 Å². The standard InChI is InChI=1S/C15H11ClN2O3/c16-10-3-1-2-9(6-10)7-14(19)17-11-4-5-13-12(8-11)18-15(20)21-13/h1-6,8H,7H2,(H,17,19)(H,18,20). The number of nitrogens with one attached hydrogen (secondary N) is 2. The molecule has 6 heteroatoms. The zero-order chi connectivity index (χ0) is 14.8. The minimum Gasteiger partial charge on any atom is -0.408 e. The van der Waals surface area contributed by atoms with E-state index in [0.29, 0.717) is 21.8 Å². The number of aromatic nitrogens is 1. The van der Waals surface area contributed by atoms with Crippen LogP contribution in [0.1, 0.15) is 5.56 Å². The van der Waals surface area contributed by atoms with Gasteiger partial charge in [-0.05, 0) is 35.9 Å². The monoisotopic (exact) mass is 302 g/mol. The summed E-state index contributed by atoms with van der Waals surface area (Å²) >= 11 is 5.88. The Labute approximate surface area is 124 Å². The van der Waals surface area contributed by atoms with Gasteiger partial charge < -0.3 is 9.73 Å². The van der Waals surface area contributed by atoms with Gasteiger partial charge in [0, 0.05) is 10.7 Å². The molecule has 21 heavy (non-hydrogen) atoms. The van der Waals surface area contributed by atoms with Crippen molar-refractivity contribution in [2.75, 3.05) is 5.32 Å². The first-order valence-corrected chi connectivity index (χ1v) is 6.65. The lowest BCUT2D eigenvalue weighted by Gasteiger charge is -2.05. The number of fused-ring (bicyclic) bond motifs is 1. The highest BCUT2D eigenvalue weighted by molar-refractivity contribution is 6.30. The highest BCUT2D eigenvalue weighted by Crippen LogP contribution is 2.17. The second-order valence-electron chi connectivity index (χ2n) is 4.58. The average Bonchev–Trinajstić information content (AvgIpc) is 2.78. The number of carbonyl (C=O) groups excluding carboxylic acids is 1. The van der Waals surface area contributed by atoms with Gasteiger partial charge in [0.05, 0.1) is 11.9 Å². The highest BCUT2D eigenvalue weighted by atomic mass is 35.5. The summed E-state index contributed by atoms with van der Waals surface area (Å²) in [7, 11) is 0. The summed E-state index contributed by atoms with van der Waals surface area (Å²) in [5.74, 6) is -0.685. The molecule has 3 rings (SSSR count). The molecule has 0 unspecified atom stereocenters. The van der Waals surface area contributed by atoms with Crippen molar-refractivity contribution in [3.8, 4) is 0 Å². The topological polar surface area (TPSA) is 75.1 Å². The molecule has 1 aromatic heterocycles. The van der Waals surface area contributed by atoms with Gasteiger partial charge >= 0.3 is 5.76 Å². The van der Waals surface area contributed by atoms with Crippen molar-refractivity contribution in [1.29, 1.82) is 0 Å². The van der Waals surface area contributed by atoms with E-state index in [-0.39, 0.29) is 12.3 Å². The van der Waals surface area contributed by atoms with Crippen LogP contribution in [0.15, 0.2) is 51.7 Å². The number of amides is 1. The lowest BCUT2D eigenvalue weighted by atomic mass is 10.1. The minimum atomic E-state index is -0.521. The predicted octanol–water partition coefficient (Wildman–Crippen LogP) is 2.96. The van der Waals surface area contributed by atoms with Gasteiger partial charge in [-0.25, -0.2) is 4.79 Å². The largest absolute Gasteiger partial charge is 0.417 e. The number of rotatable bonds is 3. The first kappa shape index (κ1) is 13.5. The van der Waals surface area contributed by atoms with E-state index in [0.717, 1.165) is 5.56 Å². The average molecular weight is 303 g/mol. The van der Waals surface area contributed by atoms with Gasteiger partial charge in [0.1, 0.15) is 0 Å². The van der Waals surface area contributed by atoms with E-state index in [1.54, 1.807) is 36.4 Å². The molecule has 5 nitrogen and oxygen atoms in total. The molecule has 0 spiro atoms. The quantitative estimate of drug-likeness (QED) is 0.781. The van der Waals surface area contributed by atoms with Gasteiger partial charge in [-0.15, -0.1) is 0 Å². The van der Waals surface area contributed by atoms with Gasteiger partial charge in [-0.3, -0.25) is 9.78 Å². The fourth-order valence-corrected chi connectivity index (χ4v) is 2.28. The Bertz CT molecular complexity index is 866. The molecule has 0 bridgehead atoms. The Balaban J connectivity index is 1.75. The second kappa shape index (κ2) is 5.46. The molecular weight excluding hydrogens is 292 g/mol. The van der Waals surface area contributed by atoms with Crippen LogP contribution in [-0.4, -0.2) is 10.9 Å². The fourth-order valence-electron chi connectivity index (χ4n) is 2.07. The van der Waals surface area contributed by atoms with Gasteiger partial charge in [0.25, 0.3) is 0 Å². The molecule has 0 saturated heterocycles. The lowest BCUT2D eigenvalue weighted by molar-refractivity contribution is -0.115. The van der Waals surface area contributed by atoms with Crippen LogP contribution < -0.4 is 11.1 Å². The number of hydrogen-bond donors (Lipinski definition) is 2. The van der Waals surface area contributed by atoms with Crippen LogP contribution in [0.5, 0.6) is 0 Å². The summed E-state index contributed by atoms with van der Waals surface area (Å²) in [6.45, 7) is 0. The Kier molecular flexibility index (Phi) is 3.50. The number of oxazole rings is 1. The van der Waals surface area contributed by atoms with Crippen molar-refractivity contribution in [2.24, 2.45) is 0 Å². The molecule has 2 aromatic carbocycles. The number of H-pyrrole nitrogens is 1. The molecular formula is C15H11ClN2O3.